The lowest BCUT2D eigenvalue weighted by Crippen LogP contribution is -2.45. The minimum absolute atomic E-state index is 0.0435. The second kappa shape index (κ2) is 6.89. The van der Waals surface area contributed by atoms with Crippen molar-refractivity contribution < 1.29 is 26.7 Å². The molecule has 0 aliphatic rings. The molecule has 5 nitrogen and oxygen atoms in total. The van der Waals surface area contributed by atoms with Crippen molar-refractivity contribution in [2.45, 2.75) is 24.3 Å². The summed E-state index contributed by atoms with van der Waals surface area (Å²) in [6.45, 7) is 2.84. The van der Waals surface area contributed by atoms with Crippen LogP contribution in [0.4, 0.5) is 8.78 Å². The molecular formula is C17H17F2NO4S. The Morgan fingerprint density at radius 2 is 1.80 bits per heavy atom. The maximum atomic E-state index is 13.9. The first-order chi connectivity index (χ1) is 11.6. The van der Waals surface area contributed by atoms with E-state index in [1.807, 2.05) is 4.72 Å². The Balaban J connectivity index is 2.39. The van der Waals surface area contributed by atoms with Crippen LogP contribution in [0, 0.1) is 11.6 Å². The van der Waals surface area contributed by atoms with E-state index in [1.54, 1.807) is 0 Å². The summed E-state index contributed by atoms with van der Waals surface area (Å²) in [5.41, 5.74) is -1.06. The highest BCUT2D eigenvalue weighted by atomic mass is 32.2. The van der Waals surface area contributed by atoms with Crippen LogP contribution in [0.2, 0.25) is 0 Å². The summed E-state index contributed by atoms with van der Waals surface area (Å²) >= 11 is 0. The lowest BCUT2D eigenvalue weighted by molar-refractivity contribution is -0.137. The van der Waals surface area contributed by atoms with Crippen molar-refractivity contribution in [2.75, 3.05) is 7.11 Å². The van der Waals surface area contributed by atoms with E-state index < -0.39 is 33.2 Å². The van der Waals surface area contributed by atoms with Crippen molar-refractivity contribution in [3.8, 4) is 11.1 Å². The Hall–Kier alpha value is -2.32. The first-order valence-corrected chi connectivity index (χ1v) is 8.73. The average Bonchev–Trinajstić information content (AvgIpc) is 2.54. The molecule has 25 heavy (non-hydrogen) atoms. The summed E-state index contributed by atoms with van der Waals surface area (Å²) in [7, 11) is -2.90. The number of hydrogen-bond donors (Lipinski definition) is 1. The van der Waals surface area contributed by atoms with Gasteiger partial charge in [-0.1, -0.05) is 12.1 Å². The van der Waals surface area contributed by atoms with Gasteiger partial charge in [0.25, 0.3) is 15.9 Å². The lowest BCUT2D eigenvalue weighted by atomic mass is 10.1. The summed E-state index contributed by atoms with van der Waals surface area (Å²) in [6.07, 6.45) is 0. The molecule has 0 heterocycles. The topological polar surface area (TPSA) is 72.5 Å². The van der Waals surface area contributed by atoms with Crippen LogP contribution in [0.15, 0.2) is 47.4 Å². The molecule has 0 radical (unpaired) electrons. The number of carbonyl (C=O) groups is 1. The van der Waals surface area contributed by atoms with E-state index in [-0.39, 0.29) is 16.0 Å². The molecule has 8 heteroatoms. The number of nitrogens with one attached hydrogen (secondary N) is 1. The number of amides is 1. The van der Waals surface area contributed by atoms with Crippen molar-refractivity contribution >= 4 is 15.9 Å². The fourth-order valence-corrected chi connectivity index (χ4v) is 3.10. The van der Waals surface area contributed by atoms with E-state index >= 15 is 0 Å². The molecule has 0 saturated heterocycles. The van der Waals surface area contributed by atoms with Crippen molar-refractivity contribution in [3.05, 3.63) is 54.1 Å². The zero-order chi connectivity index (χ0) is 18.8. The molecule has 134 valence electrons. The highest BCUT2D eigenvalue weighted by Crippen LogP contribution is 2.26. The molecular weight excluding hydrogens is 352 g/mol. The molecule has 0 spiro atoms. The Morgan fingerprint density at radius 1 is 1.12 bits per heavy atom. The third kappa shape index (κ3) is 4.21. The van der Waals surface area contributed by atoms with Crippen molar-refractivity contribution in [1.82, 2.24) is 4.72 Å². The highest BCUT2D eigenvalue weighted by Gasteiger charge is 2.31. The first-order valence-electron chi connectivity index (χ1n) is 7.25. The van der Waals surface area contributed by atoms with Gasteiger partial charge in [0.2, 0.25) is 0 Å². The monoisotopic (exact) mass is 369 g/mol. The van der Waals surface area contributed by atoms with E-state index in [1.165, 1.54) is 51.3 Å². The van der Waals surface area contributed by atoms with Gasteiger partial charge in [0.05, 0.1) is 4.90 Å². The Bertz CT molecular complexity index is 911. The van der Waals surface area contributed by atoms with E-state index in [0.717, 1.165) is 6.07 Å². The molecule has 0 aliphatic carbocycles. The van der Waals surface area contributed by atoms with Crippen LogP contribution in [-0.2, 0) is 19.6 Å². The summed E-state index contributed by atoms with van der Waals surface area (Å²) in [5.74, 6) is -2.40. The lowest BCUT2D eigenvalue weighted by Gasteiger charge is -2.21. The summed E-state index contributed by atoms with van der Waals surface area (Å²) < 4.78 is 58.6. The van der Waals surface area contributed by atoms with Gasteiger partial charge in [-0.15, -0.1) is 0 Å². The fourth-order valence-electron chi connectivity index (χ4n) is 1.95. The smallest absolute Gasteiger partial charge is 0.265 e. The fraction of sp³-hybridized carbons (Fsp3) is 0.235. The normalized spacial score (nSPS) is 12.0. The molecule has 0 saturated carbocycles. The van der Waals surface area contributed by atoms with E-state index in [0.29, 0.717) is 6.07 Å². The van der Waals surface area contributed by atoms with Gasteiger partial charge in [-0.3, -0.25) is 4.79 Å². The van der Waals surface area contributed by atoms with Crippen LogP contribution >= 0.6 is 0 Å². The predicted octanol–water partition coefficient (Wildman–Crippen LogP) is 2.86. The van der Waals surface area contributed by atoms with E-state index in [4.69, 9.17) is 4.74 Å². The third-order valence-corrected chi connectivity index (χ3v) is 5.00. The number of ether oxygens (including phenoxy) is 1. The number of halogens is 2. The third-order valence-electron chi connectivity index (χ3n) is 3.67. The van der Waals surface area contributed by atoms with Crippen molar-refractivity contribution in [2.24, 2.45) is 0 Å². The van der Waals surface area contributed by atoms with Crippen LogP contribution in [0.1, 0.15) is 13.8 Å². The predicted molar refractivity (Wildman–Crippen MR) is 88.2 cm³/mol. The molecule has 2 aromatic rings. The number of carbonyl (C=O) groups excluding carboxylic acids is 1. The minimum Gasteiger partial charge on any atom is -0.369 e. The van der Waals surface area contributed by atoms with Gasteiger partial charge in [0.1, 0.15) is 17.2 Å². The van der Waals surface area contributed by atoms with E-state index in [9.17, 15) is 22.0 Å². The molecule has 2 rings (SSSR count). The summed E-state index contributed by atoms with van der Waals surface area (Å²) in [5, 5.41) is 0. The second-order valence-electron chi connectivity index (χ2n) is 5.80. The maximum Gasteiger partial charge on any atom is 0.265 e. The molecule has 0 atom stereocenters. The Kier molecular flexibility index (Phi) is 5.24. The Morgan fingerprint density at radius 3 is 2.40 bits per heavy atom. The van der Waals surface area contributed by atoms with Crippen LogP contribution < -0.4 is 4.72 Å². The first kappa shape index (κ1) is 19.0. The van der Waals surface area contributed by atoms with Gasteiger partial charge in [0.15, 0.2) is 0 Å². The van der Waals surface area contributed by atoms with Gasteiger partial charge < -0.3 is 4.74 Å². The average molecular weight is 369 g/mol. The second-order valence-corrected chi connectivity index (χ2v) is 7.48. The van der Waals surface area contributed by atoms with Crippen molar-refractivity contribution in [3.63, 3.8) is 0 Å². The molecule has 0 unspecified atom stereocenters. The number of sulfonamides is 1. The number of hydrogen-bond acceptors (Lipinski definition) is 4. The number of methoxy groups -OCH3 is 1. The SMILES string of the molecule is COC(C)(C)C(=O)NS(=O)(=O)c1cccc(-c2ccc(F)cc2F)c1. The summed E-state index contributed by atoms with van der Waals surface area (Å²) in [6, 6.07) is 8.34. The largest absolute Gasteiger partial charge is 0.369 e. The number of benzene rings is 2. The molecule has 2 aromatic carbocycles. The Labute approximate surface area is 144 Å². The zero-order valence-electron chi connectivity index (χ0n) is 13.8. The molecule has 0 aliphatic heterocycles. The standard InChI is InChI=1S/C17H17F2NO4S/c1-17(2,24-3)16(21)20-25(22,23)13-6-4-5-11(9-13)14-8-7-12(18)10-15(14)19/h4-10H,1-3H3,(H,20,21). The van der Waals surface area contributed by atoms with Crippen molar-refractivity contribution in [1.29, 1.82) is 0 Å². The van der Waals surface area contributed by atoms with Crippen LogP contribution in [0.3, 0.4) is 0 Å². The molecule has 0 fully saturated rings. The van der Waals surface area contributed by atoms with Gasteiger partial charge in [-0.2, -0.15) is 0 Å². The van der Waals surface area contributed by atoms with Crippen LogP contribution in [0.5, 0.6) is 0 Å². The van der Waals surface area contributed by atoms with Gasteiger partial charge in [-0.05, 0) is 43.7 Å². The molecule has 1 N–H and O–H groups in total. The van der Waals surface area contributed by atoms with Crippen LogP contribution in [0.25, 0.3) is 11.1 Å². The molecule has 0 bridgehead atoms. The summed E-state index contributed by atoms with van der Waals surface area (Å²) in [4.78, 5) is 11.8. The highest BCUT2D eigenvalue weighted by molar-refractivity contribution is 7.90. The van der Waals surface area contributed by atoms with Gasteiger partial charge in [-0.25, -0.2) is 21.9 Å². The van der Waals surface area contributed by atoms with E-state index in [2.05, 4.69) is 0 Å². The molecule has 0 aromatic heterocycles. The van der Waals surface area contributed by atoms with Crippen LogP contribution in [-0.4, -0.2) is 27.0 Å². The quantitative estimate of drug-likeness (QED) is 0.880. The molecule has 1 amide bonds. The minimum atomic E-state index is -4.18. The zero-order valence-corrected chi connectivity index (χ0v) is 14.7. The van der Waals surface area contributed by atoms with Gasteiger partial charge >= 0.3 is 0 Å². The van der Waals surface area contributed by atoms with Gasteiger partial charge in [0, 0.05) is 18.7 Å². The maximum absolute atomic E-state index is 13.9. The number of rotatable bonds is 5.